The quantitative estimate of drug-likeness (QED) is 0.0805. The number of piperidine rings is 1. The van der Waals surface area contributed by atoms with Crippen LogP contribution in [0.3, 0.4) is 0 Å². The molecule has 3 heterocycles. The molecule has 1 aliphatic heterocycles. The summed E-state index contributed by atoms with van der Waals surface area (Å²) in [4.78, 5) is 20.4. The van der Waals surface area contributed by atoms with Crippen molar-refractivity contribution in [1.82, 2.24) is 25.1 Å². The van der Waals surface area contributed by atoms with Crippen LogP contribution in [0.25, 0.3) is 11.4 Å². The normalized spacial score (nSPS) is 15.1. The van der Waals surface area contributed by atoms with Gasteiger partial charge in [-0.05, 0) is 101 Å². The van der Waals surface area contributed by atoms with Crippen molar-refractivity contribution in [3.05, 3.63) is 84.4 Å². The van der Waals surface area contributed by atoms with Crippen LogP contribution >= 0.6 is 0 Å². The largest absolute Gasteiger partial charge is 0.494 e. The molecule has 1 fully saturated rings. The fourth-order valence-electron chi connectivity index (χ4n) is 5.91. The number of hydrogen-bond acceptors (Lipinski definition) is 10. The molecule has 0 saturated carbocycles. The Hall–Kier alpha value is -4.52. The molecule has 0 aliphatic carbocycles. The first-order valence-corrected chi connectivity index (χ1v) is 17.2. The topological polar surface area (TPSA) is 147 Å². The molecule has 1 aliphatic rings. The van der Waals surface area contributed by atoms with E-state index in [1.54, 1.807) is 12.4 Å². The second-order valence-electron chi connectivity index (χ2n) is 12.6. The monoisotopic (exact) mass is 671 g/mol. The predicted octanol–water partition coefficient (Wildman–Crippen LogP) is 6.13. The number of nitrogens with zero attached hydrogens (tertiary/aromatic N) is 4. The van der Waals surface area contributed by atoms with Crippen molar-refractivity contribution in [3.8, 4) is 17.1 Å². The molecule has 1 saturated heterocycles. The standard InChI is InChI=1S/C37H49N7O5/c1-28(30-9-6-12-33(25-30)49-24-5-3-4-21-47-22-8-23-48-27-34(45)46)39-31-10-7-11-32(26-31)41-37(15-19-44(2)20-16-37)36-40-35(42-43-36)29-13-17-38-18-14-29/h6-7,9-14,17-18,25-26,28,39,41H,3-5,8,15-16,19-24,27H2,1-2H3,(H,45,46)(H,40,42,43)/t28-/m1/s1. The van der Waals surface area contributed by atoms with E-state index in [0.29, 0.717) is 32.8 Å². The van der Waals surface area contributed by atoms with Gasteiger partial charge in [-0.2, -0.15) is 0 Å². The van der Waals surface area contributed by atoms with Crippen LogP contribution in [0.2, 0.25) is 0 Å². The van der Waals surface area contributed by atoms with E-state index in [1.807, 2.05) is 24.3 Å². The molecule has 262 valence electrons. The zero-order valence-corrected chi connectivity index (χ0v) is 28.6. The number of ether oxygens (including phenoxy) is 3. The Morgan fingerprint density at radius 2 is 1.65 bits per heavy atom. The molecule has 0 radical (unpaired) electrons. The third-order valence-corrected chi connectivity index (χ3v) is 8.73. The van der Waals surface area contributed by atoms with Gasteiger partial charge in [0.15, 0.2) is 11.6 Å². The summed E-state index contributed by atoms with van der Waals surface area (Å²) in [6.07, 6.45) is 8.93. The van der Waals surface area contributed by atoms with Gasteiger partial charge in [-0.25, -0.2) is 4.79 Å². The lowest BCUT2D eigenvalue weighted by molar-refractivity contribution is -0.142. The number of hydrogen-bond donors (Lipinski definition) is 4. The molecule has 0 unspecified atom stereocenters. The van der Waals surface area contributed by atoms with Crippen LogP contribution in [0.5, 0.6) is 5.75 Å². The van der Waals surface area contributed by atoms with E-state index < -0.39 is 5.97 Å². The van der Waals surface area contributed by atoms with Gasteiger partial charge in [0.05, 0.1) is 12.1 Å². The van der Waals surface area contributed by atoms with Gasteiger partial charge < -0.3 is 39.8 Å². The third-order valence-electron chi connectivity index (χ3n) is 8.73. The molecule has 2 aromatic heterocycles. The number of carbonyl (C=O) groups is 1. The lowest BCUT2D eigenvalue weighted by atomic mass is 9.86. The summed E-state index contributed by atoms with van der Waals surface area (Å²) in [6.45, 7) is 6.11. The number of aromatic amines is 1. The molecule has 12 heteroatoms. The van der Waals surface area contributed by atoms with Gasteiger partial charge in [0.2, 0.25) is 0 Å². The Balaban J connectivity index is 1.10. The minimum atomic E-state index is -0.950. The Bertz CT molecular complexity index is 1580. The molecule has 1 atom stereocenters. The summed E-state index contributed by atoms with van der Waals surface area (Å²) in [6, 6.07) is 20.6. The number of carboxylic acid groups (broad SMARTS) is 1. The van der Waals surface area contributed by atoms with E-state index in [2.05, 4.69) is 86.1 Å². The second kappa shape index (κ2) is 18.3. The molecule has 49 heavy (non-hydrogen) atoms. The molecular formula is C37H49N7O5. The highest BCUT2D eigenvalue weighted by atomic mass is 16.5. The van der Waals surface area contributed by atoms with Crippen LogP contribution in [-0.2, 0) is 19.8 Å². The van der Waals surface area contributed by atoms with Crippen molar-refractivity contribution in [3.63, 3.8) is 0 Å². The molecular weight excluding hydrogens is 622 g/mol. The van der Waals surface area contributed by atoms with Gasteiger partial charge in [-0.3, -0.25) is 4.98 Å². The van der Waals surface area contributed by atoms with E-state index in [1.165, 1.54) is 0 Å². The van der Waals surface area contributed by atoms with Gasteiger partial charge in [0, 0.05) is 68.3 Å². The summed E-state index contributed by atoms with van der Waals surface area (Å²) in [5, 5.41) is 25.2. The molecule has 0 bridgehead atoms. The highest BCUT2D eigenvalue weighted by Gasteiger charge is 2.39. The number of pyridine rings is 1. The number of aliphatic carboxylic acids is 1. The lowest BCUT2D eigenvalue weighted by Gasteiger charge is -2.40. The van der Waals surface area contributed by atoms with E-state index in [9.17, 15) is 4.79 Å². The van der Waals surface area contributed by atoms with E-state index >= 15 is 0 Å². The first-order valence-electron chi connectivity index (χ1n) is 17.2. The Morgan fingerprint density at radius 3 is 2.47 bits per heavy atom. The van der Waals surface area contributed by atoms with Crippen LogP contribution in [0.1, 0.15) is 62.9 Å². The molecule has 4 aromatic rings. The van der Waals surface area contributed by atoms with Crippen molar-refractivity contribution in [2.24, 2.45) is 0 Å². The maximum Gasteiger partial charge on any atom is 0.329 e. The number of aromatic nitrogens is 4. The number of rotatable bonds is 20. The molecule has 0 spiro atoms. The molecule has 4 N–H and O–H groups in total. The number of carboxylic acids is 1. The second-order valence-corrected chi connectivity index (χ2v) is 12.6. The zero-order valence-electron chi connectivity index (χ0n) is 28.6. The van der Waals surface area contributed by atoms with Gasteiger partial charge in [0.25, 0.3) is 0 Å². The molecule has 5 rings (SSSR count). The van der Waals surface area contributed by atoms with Gasteiger partial charge in [-0.1, -0.05) is 18.2 Å². The Kier molecular flexibility index (Phi) is 13.4. The number of unbranched alkanes of at least 4 members (excludes halogenated alkanes) is 2. The van der Waals surface area contributed by atoms with Crippen LogP contribution in [0, 0.1) is 0 Å². The maximum absolute atomic E-state index is 10.4. The first-order chi connectivity index (χ1) is 23.9. The van der Waals surface area contributed by atoms with Crippen LogP contribution in [0.4, 0.5) is 11.4 Å². The SMILES string of the molecule is C[C@@H](Nc1cccc(NC2(c3nnc(-c4ccncc4)[nH]3)CCN(C)CC2)c1)c1cccc(OCCCCCOCCCOCC(=O)O)c1. The van der Waals surface area contributed by atoms with Crippen LogP contribution < -0.4 is 15.4 Å². The minimum Gasteiger partial charge on any atom is -0.494 e. The van der Waals surface area contributed by atoms with Crippen molar-refractivity contribution in [1.29, 1.82) is 0 Å². The molecule has 12 nitrogen and oxygen atoms in total. The summed E-state index contributed by atoms with van der Waals surface area (Å²) in [5.41, 5.74) is 3.79. The zero-order chi connectivity index (χ0) is 34.3. The van der Waals surface area contributed by atoms with Gasteiger partial charge >= 0.3 is 5.97 Å². The average Bonchev–Trinajstić information content (AvgIpc) is 3.62. The number of nitrogens with one attached hydrogen (secondary N) is 3. The van der Waals surface area contributed by atoms with Gasteiger partial charge in [-0.15, -0.1) is 10.2 Å². The summed E-state index contributed by atoms with van der Waals surface area (Å²) >= 11 is 0. The number of anilines is 2. The van der Waals surface area contributed by atoms with E-state index in [0.717, 1.165) is 85.1 Å². The highest BCUT2D eigenvalue weighted by molar-refractivity contribution is 5.68. The maximum atomic E-state index is 10.4. The van der Waals surface area contributed by atoms with Crippen LogP contribution in [-0.4, -0.2) is 89.3 Å². The smallest absolute Gasteiger partial charge is 0.329 e. The van der Waals surface area contributed by atoms with Crippen molar-refractivity contribution < 1.29 is 24.1 Å². The van der Waals surface area contributed by atoms with Crippen molar-refractivity contribution in [2.75, 3.05) is 63.8 Å². The average molecular weight is 672 g/mol. The fraction of sp³-hybridized carbons (Fsp3) is 0.459. The van der Waals surface area contributed by atoms with Crippen molar-refractivity contribution >= 4 is 17.3 Å². The Labute approximate surface area is 288 Å². The summed E-state index contributed by atoms with van der Waals surface area (Å²) in [7, 11) is 2.16. The van der Waals surface area contributed by atoms with Crippen molar-refractivity contribution in [2.45, 2.75) is 57.0 Å². The van der Waals surface area contributed by atoms with E-state index in [-0.39, 0.29) is 18.2 Å². The van der Waals surface area contributed by atoms with Gasteiger partial charge in [0.1, 0.15) is 12.4 Å². The summed E-state index contributed by atoms with van der Waals surface area (Å²) in [5.74, 6) is 1.51. The number of benzene rings is 2. The van der Waals surface area contributed by atoms with Crippen LogP contribution in [0.15, 0.2) is 73.1 Å². The molecule has 2 aromatic carbocycles. The minimum absolute atomic E-state index is 0.0694. The molecule has 0 amide bonds. The number of H-pyrrole nitrogens is 1. The first kappa shape index (κ1) is 35.8. The Morgan fingerprint density at radius 1 is 0.918 bits per heavy atom. The van der Waals surface area contributed by atoms with E-state index in [4.69, 9.17) is 19.3 Å². The fourth-order valence-corrected chi connectivity index (χ4v) is 5.91. The third kappa shape index (κ3) is 11.0. The number of likely N-dealkylation sites (tertiary alicyclic amines) is 1. The lowest BCUT2D eigenvalue weighted by Crippen LogP contribution is -2.46. The predicted molar refractivity (Wildman–Crippen MR) is 190 cm³/mol. The summed E-state index contributed by atoms with van der Waals surface area (Å²) < 4.78 is 16.7. The highest BCUT2D eigenvalue weighted by Crippen LogP contribution is 2.36.